The molecule has 21 heavy (non-hydrogen) atoms. The molecule has 1 heterocycles. The van der Waals surface area contributed by atoms with E-state index in [1.807, 2.05) is 31.2 Å². The predicted octanol–water partition coefficient (Wildman–Crippen LogP) is 2.17. The van der Waals surface area contributed by atoms with E-state index in [1.54, 1.807) is 11.8 Å². The lowest BCUT2D eigenvalue weighted by Crippen LogP contribution is -2.43. The first kappa shape index (κ1) is 15.5. The first-order chi connectivity index (χ1) is 10.1. The van der Waals surface area contributed by atoms with E-state index in [-0.39, 0.29) is 11.8 Å². The molecule has 1 aromatic rings. The lowest BCUT2D eigenvalue weighted by Gasteiger charge is -2.25. The molecule has 1 aliphatic rings. The van der Waals surface area contributed by atoms with E-state index in [2.05, 4.69) is 5.32 Å². The summed E-state index contributed by atoms with van der Waals surface area (Å²) in [5, 5.41) is 2.87. The first-order valence-corrected chi connectivity index (χ1v) is 7.39. The molecule has 0 bridgehead atoms. The van der Waals surface area contributed by atoms with Crippen molar-refractivity contribution in [2.24, 2.45) is 0 Å². The number of carbonyl (C=O) groups is 2. The Morgan fingerprint density at radius 1 is 1.38 bits per heavy atom. The summed E-state index contributed by atoms with van der Waals surface area (Å²) in [7, 11) is 0. The Labute approximate surface area is 125 Å². The number of carbonyl (C=O) groups excluding carboxylic acids is 2. The summed E-state index contributed by atoms with van der Waals surface area (Å²) < 4.78 is 5.36. The third-order valence-corrected chi connectivity index (χ3v) is 3.59. The average Bonchev–Trinajstić information content (AvgIpc) is 2.61. The van der Waals surface area contributed by atoms with Crippen LogP contribution in [0.2, 0.25) is 0 Å². The van der Waals surface area contributed by atoms with E-state index in [9.17, 15) is 9.59 Å². The zero-order valence-corrected chi connectivity index (χ0v) is 12.6. The van der Waals surface area contributed by atoms with E-state index >= 15 is 0 Å². The average molecular weight is 290 g/mol. The van der Waals surface area contributed by atoms with Crippen molar-refractivity contribution in [1.82, 2.24) is 4.90 Å². The summed E-state index contributed by atoms with van der Waals surface area (Å²) in [6.45, 7) is 5.29. The smallest absolute Gasteiger partial charge is 0.246 e. The Balaban J connectivity index is 2.07. The van der Waals surface area contributed by atoms with Gasteiger partial charge in [0.2, 0.25) is 11.8 Å². The monoisotopic (exact) mass is 290 g/mol. The molecule has 2 amide bonds. The highest BCUT2D eigenvalue weighted by Crippen LogP contribution is 2.23. The highest BCUT2D eigenvalue weighted by atomic mass is 16.5. The van der Waals surface area contributed by atoms with Crippen LogP contribution >= 0.6 is 0 Å². The number of fused-ring (bicyclic) bond motifs is 1. The summed E-state index contributed by atoms with van der Waals surface area (Å²) >= 11 is 0. The molecule has 1 aromatic carbocycles. The van der Waals surface area contributed by atoms with Crippen LogP contribution in [-0.4, -0.2) is 36.0 Å². The van der Waals surface area contributed by atoms with Crippen LogP contribution in [0.4, 0.5) is 5.69 Å². The van der Waals surface area contributed by atoms with E-state index in [0.717, 1.165) is 17.7 Å². The van der Waals surface area contributed by atoms with Crippen LogP contribution in [0.15, 0.2) is 24.3 Å². The Morgan fingerprint density at radius 2 is 2.14 bits per heavy atom. The lowest BCUT2D eigenvalue weighted by atomic mass is 10.1. The number of ether oxygens (including phenoxy) is 1. The molecule has 0 fully saturated rings. The van der Waals surface area contributed by atoms with Crippen LogP contribution in [-0.2, 0) is 20.9 Å². The molecular formula is C16H22N2O3. The summed E-state index contributed by atoms with van der Waals surface area (Å²) in [6, 6.07) is 7.10. The molecule has 114 valence electrons. The highest BCUT2D eigenvalue weighted by Gasteiger charge is 2.29. The first-order valence-electron chi connectivity index (χ1n) is 7.39. The second kappa shape index (κ2) is 7.22. The Kier molecular flexibility index (Phi) is 5.33. The van der Waals surface area contributed by atoms with E-state index in [4.69, 9.17) is 4.74 Å². The number of amides is 2. The molecule has 5 nitrogen and oxygen atoms in total. The molecule has 0 aliphatic carbocycles. The van der Waals surface area contributed by atoms with Crippen LogP contribution in [0.1, 0.15) is 32.3 Å². The minimum Gasteiger partial charge on any atom is -0.381 e. The molecular weight excluding hydrogens is 268 g/mol. The van der Waals surface area contributed by atoms with Gasteiger partial charge in [-0.2, -0.15) is 0 Å². The molecule has 0 spiro atoms. The van der Waals surface area contributed by atoms with Gasteiger partial charge in [0.15, 0.2) is 0 Å². The van der Waals surface area contributed by atoms with Crippen molar-refractivity contribution in [3.8, 4) is 0 Å². The van der Waals surface area contributed by atoms with Crippen molar-refractivity contribution in [3.63, 3.8) is 0 Å². The van der Waals surface area contributed by atoms with Crippen molar-refractivity contribution in [2.75, 3.05) is 18.5 Å². The van der Waals surface area contributed by atoms with Gasteiger partial charge in [-0.3, -0.25) is 9.59 Å². The van der Waals surface area contributed by atoms with E-state index < -0.39 is 6.04 Å². The van der Waals surface area contributed by atoms with Crippen LogP contribution in [0.25, 0.3) is 0 Å². The standard InChI is InChI=1S/C16H22N2O3/c1-3-9-21-10-8-15(19)18-11-13-6-4-5-7-14(13)17-16(20)12(18)2/h4-7,12H,3,8-11H2,1-2H3,(H,17,20). The third-order valence-electron chi connectivity index (χ3n) is 3.59. The quantitative estimate of drug-likeness (QED) is 0.846. The van der Waals surface area contributed by atoms with Crippen LogP contribution in [0, 0.1) is 0 Å². The Hall–Kier alpha value is -1.88. The molecule has 0 saturated carbocycles. The zero-order chi connectivity index (χ0) is 15.2. The minimum atomic E-state index is -0.476. The van der Waals surface area contributed by atoms with Gasteiger partial charge in [0.05, 0.1) is 13.0 Å². The molecule has 2 rings (SSSR count). The molecule has 1 aliphatic heterocycles. The normalized spacial score (nSPS) is 17.9. The zero-order valence-electron chi connectivity index (χ0n) is 12.6. The van der Waals surface area contributed by atoms with Gasteiger partial charge < -0.3 is 15.0 Å². The third kappa shape index (κ3) is 3.82. The topological polar surface area (TPSA) is 58.6 Å². The molecule has 0 saturated heterocycles. The lowest BCUT2D eigenvalue weighted by molar-refractivity contribution is -0.139. The minimum absolute atomic E-state index is 0.0505. The van der Waals surface area contributed by atoms with Crippen molar-refractivity contribution in [3.05, 3.63) is 29.8 Å². The molecule has 1 unspecified atom stereocenters. The summed E-state index contributed by atoms with van der Waals surface area (Å²) in [4.78, 5) is 26.1. The van der Waals surface area contributed by atoms with Crippen molar-refractivity contribution >= 4 is 17.5 Å². The number of hydrogen-bond acceptors (Lipinski definition) is 3. The number of rotatable bonds is 5. The fourth-order valence-electron chi connectivity index (χ4n) is 2.33. The van der Waals surface area contributed by atoms with Gasteiger partial charge in [0.25, 0.3) is 0 Å². The number of nitrogens with one attached hydrogen (secondary N) is 1. The number of para-hydroxylation sites is 1. The van der Waals surface area contributed by atoms with Gasteiger partial charge in [0.1, 0.15) is 6.04 Å². The van der Waals surface area contributed by atoms with Gasteiger partial charge >= 0.3 is 0 Å². The maximum Gasteiger partial charge on any atom is 0.246 e. The van der Waals surface area contributed by atoms with Gasteiger partial charge in [-0.25, -0.2) is 0 Å². The highest BCUT2D eigenvalue weighted by molar-refractivity contribution is 5.98. The van der Waals surface area contributed by atoms with Crippen LogP contribution in [0.5, 0.6) is 0 Å². The van der Waals surface area contributed by atoms with Crippen molar-refractivity contribution in [2.45, 2.75) is 39.3 Å². The van der Waals surface area contributed by atoms with E-state index in [0.29, 0.717) is 26.2 Å². The van der Waals surface area contributed by atoms with Crippen molar-refractivity contribution in [1.29, 1.82) is 0 Å². The van der Waals surface area contributed by atoms with E-state index in [1.165, 1.54) is 0 Å². The van der Waals surface area contributed by atoms with Gasteiger partial charge in [-0.05, 0) is 25.0 Å². The fraction of sp³-hybridized carbons (Fsp3) is 0.500. The number of hydrogen-bond donors (Lipinski definition) is 1. The summed E-state index contributed by atoms with van der Waals surface area (Å²) in [5.74, 6) is -0.201. The van der Waals surface area contributed by atoms with Crippen LogP contribution in [0.3, 0.4) is 0 Å². The molecule has 1 atom stereocenters. The van der Waals surface area contributed by atoms with Gasteiger partial charge in [0, 0.05) is 18.8 Å². The number of anilines is 1. The van der Waals surface area contributed by atoms with Gasteiger partial charge in [-0.1, -0.05) is 25.1 Å². The Morgan fingerprint density at radius 3 is 2.90 bits per heavy atom. The predicted molar refractivity (Wildman–Crippen MR) is 80.8 cm³/mol. The maximum atomic E-state index is 12.3. The van der Waals surface area contributed by atoms with Gasteiger partial charge in [-0.15, -0.1) is 0 Å². The maximum absolute atomic E-state index is 12.3. The second-order valence-electron chi connectivity index (χ2n) is 5.21. The molecule has 0 aromatic heterocycles. The largest absolute Gasteiger partial charge is 0.381 e. The molecule has 0 radical (unpaired) electrons. The fourth-order valence-corrected chi connectivity index (χ4v) is 2.33. The second-order valence-corrected chi connectivity index (χ2v) is 5.21. The molecule has 1 N–H and O–H groups in total. The Bertz CT molecular complexity index is 516. The SMILES string of the molecule is CCCOCCC(=O)N1Cc2ccccc2NC(=O)C1C. The van der Waals surface area contributed by atoms with Crippen molar-refractivity contribution < 1.29 is 14.3 Å². The van der Waals surface area contributed by atoms with Crippen LogP contribution < -0.4 is 5.32 Å². The summed E-state index contributed by atoms with van der Waals surface area (Å²) in [6.07, 6.45) is 1.24. The number of nitrogens with zero attached hydrogens (tertiary/aromatic N) is 1. The molecule has 5 heteroatoms. The summed E-state index contributed by atoms with van der Waals surface area (Å²) in [5.41, 5.74) is 1.74. The number of benzene rings is 1.